The molecule has 0 saturated heterocycles. The maximum atomic E-state index is 10.9. The fourth-order valence-corrected chi connectivity index (χ4v) is 4.23. The van der Waals surface area contributed by atoms with Crippen molar-refractivity contribution in [3.05, 3.63) is 84.9 Å². The van der Waals surface area contributed by atoms with Gasteiger partial charge in [0.05, 0.1) is 9.79 Å². The second-order valence-corrected chi connectivity index (χ2v) is 8.56. The molecule has 0 fully saturated rings. The Kier molecular flexibility index (Phi) is 7.38. The first kappa shape index (κ1) is 23.3. The molecule has 0 atom stereocenters. The van der Waals surface area contributed by atoms with Crippen molar-refractivity contribution < 1.29 is 25.9 Å². The number of fused-ring (bicyclic) bond motifs is 2. The quantitative estimate of drug-likeness (QED) is 0.351. The van der Waals surface area contributed by atoms with Gasteiger partial charge in [-0.05, 0) is 33.7 Å². The molecule has 0 radical (unpaired) electrons. The van der Waals surface area contributed by atoms with E-state index in [1.807, 2.05) is 0 Å². The SMILES string of the molecule is O=S(=O)([O-])c1cccc2ccccc12.O=S(=O)([O-])c1cccc2ccccc12.[Mg+2]. The summed E-state index contributed by atoms with van der Waals surface area (Å²) in [6, 6.07) is 23.1. The Balaban J connectivity index is 0.000000200. The van der Waals surface area contributed by atoms with Crippen LogP contribution in [0.3, 0.4) is 0 Å². The molecule has 0 spiro atoms. The summed E-state index contributed by atoms with van der Waals surface area (Å²) >= 11 is 0. The van der Waals surface area contributed by atoms with E-state index in [0.717, 1.165) is 10.8 Å². The number of hydrogen-bond donors (Lipinski definition) is 0. The minimum absolute atomic E-state index is 0. The van der Waals surface area contributed by atoms with Gasteiger partial charge in [-0.2, -0.15) is 0 Å². The van der Waals surface area contributed by atoms with Crippen LogP contribution < -0.4 is 0 Å². The molecule has 0 heterocycles. The fourth-order valence-electron chi connectivity index (χ4n) is 2.83. The molecule has 0 N–H and O–H groups in total. The summed E-state index contributed by atoms with van der Waals surface area (Å²) in [7, 11) is -8.76. The van der Waals surface area contributed by atoms with Crippen LogP contribution in [0, 0.1) is 0 Å². The molecule has 144 valence electrons. The Morgan fingerprint density at radius 2 is 0.793 bits per heavy atom. The van der Waals surface area contributed by atoms with Gasteiger partial charge in [0.2, 0.25) is 0 Å². The molecule has 4 rings (SSSR count). The molecule has 0 saturated carbocycles. The molecule has 0 amide bonds. The molecule has 6 nitrogen and oxygen atoms in total. The van der Waals surface area contributed by atoms with Crippen molar-refractivity contribution in [3.63, 3.8) is 0 Å². The molecule has 4 aromatic rings. The predicted octanol–water partition coefficient (Wildman–Crippen LogP) is 3.11. The van der Waals surface area contributed by atoms with Gasteiger partial charge >= 0.3 is 23.1 Å². The zero-order valence-electron chi connectivity index (χ0n) is 15.1. The Bertz CT molecular complexity index is 1250. The Morgan fingerprint density at radius 3 is 1.14 bits per heavy atom. The van der Waals surface area contributed by atoms with Crippen molar-refractivity contribution in [2.45, 2.75) is 9.79 Å². The van der Waals surface area contributed by atoms with Crippen LogP contribution in [-0.2, 0) is 20.2 Å². The van der Waals surface area contributed by atoms with Gasteiger partial charge in [-0.1, -0.05) is 72.8 Å². The van der Waals surface area contributed by atoms with E-state index in [1.54, 1.807) is 72.8 Å². The van der Waals surface area contributed by atoms with Gasteiger partial charge in [0, 0.05) is 0 Å². The summed E-state index contributed by atoms with van der Waals surface area (Å²) in [5.74, 6) is 0. The first-order valence-corrected chi connectivity index (χ1v) is 10.9. The topological polar surface area (TPSA) is 114 Å². The molecule has 0 aliphatic carbocycles. The van der Waals surface area contributed by atoms with Crippen LogP contribution in [-0.4, -0.2) is 49.0 Å². The van der Waals surface area contributed by atoms with Crippen LogP contribution in [0.25, 0.3) is 21.5 Å². The van der Waals surface area contributed by atoms with Crippen molar-refractivity contribution in [2.75, 3.05) is 0 Å². The second kappa shape index (κ2) is 9.20. The first-order valence-electron chi connectivity index (χ1n) is 8.05. The summed E-state index contributed by atoms with van der Waals surface area (Å²) in [5, 5.41) is 2.46. The minimum Gasteiger partial charge on any atom is -0.744 e. The maximum absolute atomic E-state index is 10.9. The number of rotatable bonds is 2. The summed E-state index contributed by atoms with van der Waals surface area (Å²) < 4.78 is 65.3. The van der Waals surface area contributed by atoms with E-state index in [1.165, 1.54) is 12.1 Å². The zero-order chi connectivity index (χ0) is 20.4. The first-order chi connectivity index (χ1) is 13.2. The molecule has 4 aromatic carbocycles. The van der Waals surface area contributed by atoms with Gasteiger partial charge in [-0.15, -0.1) is 0 Å². The van der Waals surface area contributed by atoms with Crippen molar-refractivity contribution in [1.82, 2.24) is 0 Å². The third-order valence-electron chi connectivity index (χ3n) is 4.04. The zero-order valence-corrected chi connectivity index (χ0v) is 18.1. The molecule has 0 unspecified atom stereocenters. The Hall–Kier alpha value is -2.01. The monoisotopic (exact) mass is 438 g/mol. The van der Waals surface area contributed by atoms with Crippen LogP contribution in [0.15, 0.2) is 94.7 Å². The van der Waals surface area contributed by atoms with Gasteiger partial charge in [-0.3, -0.25) is 0 Å². The average Bonchev–Trinajstić information content (AvgIpc) is 2.66. The third-order valence-corrected chi connectivity index (χ3v) is 5.83. The fraction of sp³-hybridized carbons (Fsp3) is 0. The van der Waals surface area contributed by atoms with Gasteiger partial charge in [0.25, 0.3) is 0 Å². The van der Waals surface area contributed by atoms with Crippen molar-refractivity contribution in [3.8, 4) is 0 Å². The molecular weight excluding hydrogens is 425 g/mol. The van der Waals surface area contributed by atoms with E-state index in [2.05, 4.69) is 0 Å². The number of hydrogen-bond acceptors (Lipinski definition) is 6. The van der Waals surface area contributed by atoms with Gasteiger partial charge in [-0.25, -0.2) is 16.8 Å². The van der Waals surface area contributed by atoms with E-state index in [4.69, 9.17) is 0 Å². The van der Waals surface area contributed by atoms with Crippen LogP contribution in [0.2, 0.25) is 0 Å². The van der Waals surface area contributed by atoms with Gasteiger partial charge in [0.15, 0.2) is 0 Å². The molecule has 0 aliphatic heterocycles. The summed E-state index contributed by atoms with van der Waals surface area (Å²) in [6.45, 7) is 0. The van der Waals surface area contributed by atoms with Crippen molar-refractivity contribution in [2.24, 2.45) is 0 Å². The number of benzene rings is 4. The molecular formula is C20H14MgO6S2. The van der Waals surface area contributed by atoms with Crippen molar-refractivity contribution in [1.29, 1.82) is 0 Å². The van der Waals surface area contributed by atoms with Crippen LogP contribution >= 0.6 is 0 Å². The summed E-state index contributed by atoms with van der Waals surface area (Å²) in [5.41, 5.74) is 0. The summed E-state index contributed by atoms with van der Waals surface area (Å²) in [4.78, 5) is -0.314. The Labute approximate surface area is 184 Å². The summed E-state index contributed by atoms with van der Waals surface area (Å²) in [6.07, 6.45) is 0. The van der Waals surface area contributed by atoms with Crippen LogP contribution in [0.5, 0.6) is 0 Å². The maximum Gasteiger partial charge on any atom is 2.00 e. The second-order valence-electron chi connectivity index (χ2n) is 5.86. The molecule has 0 aromatic heterocycles. The van der Waals surface area contributed by atoms with Crippen molar-refractivity contribution >= 4 is 64.8 Å². The largest absolute Gasteiger partial charge is 2.00 e. The smallest absolute Gasteiger partial charge is 0.744 e. The molecule has 0 aliphatic rings. The minimum atomic E-state index is -4.38. The Morgan fingerprint density at radius 1 is 0.483 bits per heavy atom. The average molecular weight is 439 g/mol. The van der Waals surface area contributed by atoms with E-state index < -0.39 is 20.2 Å². The van der Waals surface area contributed by atoms with Crippen LogP contribution in [0.4, 0.5) is 0 Å². The van der Waals surface area contributed by atoms with Crippen LogP contribution in [0.1, 0.15) is 0 Å². The van der Waals surface area contributed by atoms with Gasteiger partial charge < -0.3 is 9.11 Å². The molecule has 9 heteroatoms. The predicted molar refractivity (Wildman–Crippen MR) is 110 cm³/mol. The van der Waals surface area contributed by atoms with E-state index in [0.29, 0.717) is 10.8 Å². The van der Waals surface area contributed by atoms with E-state index in [9.17, 15) is 25.9 Å². The molecule has 0 bridgehead atoms. The van der Waals surface area contributed by atoms with E-state index >= 15 is 0 Å². The standard InChI is InChI=1S/2C10H8O3S.Mg/c2*11-14(12,13)10-7-3-5-8-4-1-2-6-9(8)10;/h2*1-7H,(H,11,12,13);/q;;+2/p-2. The van der Waals surface area contributed by atoms with Gasteiger partial charge in [0.1, 0.15) is 20.2 Å². The van der Waals surface area contributed by atoms with E-state index in [-0.39, 0.29) is 32.8 Å². The third kappa shape index (κ3) is 5.53. The molecule has 29 heavy (non-hydrogen) atoms. The normalized spacial score (nSPS) is 11.4.